The van der Waals surface area contributed by atoms with Crippen molar-refractivity contribution >= 4 is 39.3 Å². The number of rotatable bonds is 7. The molecule has 3 N–H and O–H groups in total. The Kier molecular flexibility index (Phi) is 8.83. The van der Waals surface area contributed by atoms with Gasteiger partial charge in [0, 0.05) is 28.6 Å². The van der Waals surface area contributed by atoms with Gasteiger partial charge in [-0.1, -0.05) is 54.4 Å². The molecule has 0 spiro atoms. The molecule has 0 saturated heterocycles. The highest BCUT2D eigenvalue weighted by Gasteiger charge is 2.20. The standard InChI is InChI=1S/C24H30BrN3O4/c1-15-6-8-19(16(2)12-15)26-21(29)10-11-22(30)27-28-23(31)14-32-20-9-7-17(25)13-18(20)24(3,4)5/h6-9,12-13H,10-11,14H2,1-5H3,(H,26,29)(H,27,30)(H,28,31). The summed E-state index contributed by atoms with van der Waals surface area (Å²) in [6.45, 7) is 9.79. The van der Waals surface area contributed by atoms with E-state index in [-0.39, 0.29) is 30.8 Å². The minimum absolute atomic E-state index is 0.000639. The van der Waals surface area contributed by atoms with Crippen LogP contribution in [0.2, 0.25) is 0 Å². The molecule has 2 aromatic rings. The number of halogens is 1. The van der Waals surface area contributed by atoms with E-state index in [1.807, 2.05) is 44.2 Å². The van der Waals surface area contributed by atoms with Crippen molar-refractivity contribution in [2.75, 3.05) is 11.9 Å². The quantitative estimate of drug-likeness (QED) is 0.490. The topological polar surface area (TPSA) is 96.5 Å². The van der Waals surface area contributed by atoms with E-state index in [1.165, 1.54) is 0 Å². The molecular weight excluding hydrogens is 474 g/mol. The van der Waals surface area contributed by atoms with E-state index in [0.717, 1.165) is 21.2 Å². The van der Waals surface area contributed by atoms with Crippen LogP contribution in [0.4, 0.5) is 5.69 Å². The van der Waals surface area contributed by atoms with Crippen LogP contribution < -0.4 is 20.9 Å². The molecule has 0 saturated carbocycles. The third-order valence-corrected chi connectivity index (χ3v) is 5.18. The van der Waals surface area contributed by atoms with Crippen molar-refractivity contribution in [3.63, 3.8) is 0 Å². The predicted molar refractivity (Wildman–Crippen MR) is 128 cm³/mol. The lowest BCUT2D eigenvalue weighted by molar-refractivity contribution is -0.130. The highest BCUT2D eigenvalue weighted by atomic mass is 79.9. The minimum atomic E-state index is -0.499. The number of aryl methyl sites for hydroxylation is 2. The van der Waals surface area contributed by atoms with Gasteiger partial charge in [0.1, 0.15) is 5.75 Å². The summed E-state index contributed by atoms with van der Waals surface area (Å²) in [5.41, 5.74) is 8.18. The second-order valence-electron chi connectivity index (χ2n) is 8.64. The lowest BCUT2D eigenvalue weighted by atomic mass is 9.86. The summed E-state index contributed by atoms with van der Waals surface area (Å²) in [5, 5.41) is 2.79. The molecular formula is C24H30BrN3O4. The number of nitrogens with one attached hydrogen (secondary N) is 3. The number of anilines is 1. The Morgan fingerprint density at radius 2 is 1.56 bits per heavy atom. The maximum atomic E-state index is 12.1. The molecule has 0 heterocycles. The summed E-state index contributed by atoms with van der Waals surface area (Å²) < 4.78 is 6.57. The highest BCUT2D eigenvalue weighted by Crippen LogP contribution is 2.33. The number of hydrogen-bond donors (Lipinski definition) is 3. The van der Waals surface area contributed by atoms with E-state index in [1.54, 1.807) is 6.07 Å². The summed E-state index contributed by atoms with van der Waals surface area (Å²) in [5.74, 6) is -0.633. The van der Waals surface area contributed by atoms with Crippen LogP contribution in [0.3, 0.4) is 0 Å². The fourth-order valence-corrected chi connectivity index (χ4v) is 3.35. The first-order chi connectivity index (χ1) is 15.0. The van der Waals surface area contributed by atoms with Gasteiger partial charge in [-0.3, -0.25) is 25.2 Å². The van der Waals surface area contributed by atoms with Crippen molar-refractivity contribution in [1.29, 1.82) is 0 Å². The van der Waals surface area contributed by atoms with Gasteiger partial charge < -0.3 is 10.1 Å². The first kappa shape index (κ1) is 25.4. The van der Waals surface area contributed by atoms with Crippen LogP contribution in [0, 0.1) is 13.8 Å². The minimum Gasteiger partial charge on any atom is -0.483 e. The van der Waals surface area contributed by atoms with Crippen LogP contribution in [0.25, 0.3) is 0 Å². The monoisotopic (exact) mass is 503 g/mol. The van der Waals surface area contributed by atoms with Crippen molar-refractivity contribution in [3.05, 3.63) is 57.6 Å². The SMILES string of the molecule is Cc1ccc(NC(=O)CCC(=O)NNC(=O)COc2ccc(Br)cc2C(C)(C)C)c(C)c1. The zero-order valence-corrected chi connectivity index (χ0v) is 20.7. The lowest BCUT2D eigenvalue weighted by Crippen LogP contribution is -2.44. The van der Waals surface area contributed by atoms with E-state index in [4.69, 9.17) is 4.74 Å². The van der Waals surface area contributed by atoms with Gasteiger partial charge in [0.15, 0.2) is 6.61 Å². The van der Waals surface area contributed by atoms with Gasteiger partial charge in [-0.2, -0.15) is 0 Å². The number of amides is 3. The maximum Gasteiger partial charge on any atom is 0.276 e. The van der Waals surface area contributed by atoms with Crippen molar-refractivity contribution in [3.8, 4) is 5.75 Å². The van der Waals surface area contributed by atoms with Crippen LogP contribution in [-0.2, 0) is 19.8 Å². The number of carbonyl (C=O) groups excluding carboxylic acids is 3. The third-order valence-electron chi connectivity index (χ3n) is 4.68. The first-order valence-electron chi connectivity index (χ1n) is 10.3. The fraction of sp³-hybridized carbons (Fsp3) is 0.375. The van der Waals surface area contributed by atoms with E-state index < -0.39 is 11.8 Å². The predicted octanol–water partition coefficient (Wildman–Crippen LogP) is 4.31. The van der Waals surface area contributed by atoms with Gasteiger partial charge in [-0.25, -0.2) is 0 Å². The van der Waals surface area contributed by atoms with Crippen LogP contribution >= 0.6 is 15.9 Å². The Balaban J connectivity index is 1.75. The largest absolute Gasteiger partial charge is 0.483 e. The van der Waals surface area contributed by atoms with Crippen molar-refractivity contribution in [2.45, 2.75) is 52.9 Å². The first-order valence-corrected chi connectivity index (χ1v) is 11.1. The fourth-order valence-electron chi connectivity index (χ4n) is 2.99. The molecule has 3 amide bonds. The molecule has 172 valence electrons. The zero-order chi connectivity index (χ0) is 23.9. The third kappa shape index (κ3) is 8.00. The van der Waals surface area contributed by atoms with Crippen molar-refractivity contribution in [1.82, 2.24) is 10.9 Å². The van der Waals surface area contributed by atoms with Gasteiger partial charge in [0.2, 0.25) is 11.8 Å². The van der Waals surface area contributed by atoms with E-state index in [2.05, 4.69) is 52.9 Å². The smallest absolute Gasteiger partial charge is 0.276 e. The molecule has 8 heteroatoms. The molecule has 0 radical (unpaired) electrons. The normalized spacial score (nSPS) is 10.9. The van der Waals surface area contributed by atoms with Crippen molar-refractivity contribution < 1.29 is 19.1 Å². The Morgan fingerprint density at radius 3 is 2.22 bits per heavy atom. The molecule has 2 aromatic carbocycles. The van der Waals surface area contributed by atoms with Gasteiger partial charge in [-0.05, 0) is 49.1 Å². The molecule has 7 nitrogen and oxygen atoms in total. The Bertz CT molecular complexity index is 999. The van der Waals surface area contributed by atoms with Gasteiger partial charge in [-0.15, -0.1) is 0 Å². The van der Waals surface area contributed by atoms with E-state index >= 15 is 0 Å². The Morgan fingerprint density at radius 1 is 0.906 bits per heavy atom. The molecule has 0 aliphatic carbocycles. The molecule has 0 aromatic heterocycles. The Hall–Kier alpha value is -2.87. The second kappa shape index (κ2) is 11.1. The summed E-state index contributed by atoms with van der Waals surface area (Å²) in [7, 11) is 0. The number of hydrogen-bond acceptors (Lipinski definition) is 4. The molecule has 32 heavy (non-hydrogen) atoms. The number of benzene rings is 2. The van der Waals surface area contributed by atoms with Gasteiger partial charge in [0.05, 0.1) is 0 Å². The molecule has 0 atom stereocenters. The second-order valence-corrected chi connectivity index (χ2v) is 9.56. The van der Waals surface area contributed by atoms with E-state index in [9.17, 15) is 14.4 Å². The van der Waals surface area contributed by atoms with Crippen LogP contribution in [0.5, 0.6) is 5.75 Å². The summed E-state index contributed by atoms with van der Waals surface area (Å²) in [6, 6.07) is 11.3. The van der Waals surface area contributed by atoms with Crippen molar-refractivity contribution in [2.24, 2.45) is 0 Å². The molecule has 0 aliphatic rings. The summed E-state index contributed by atoms with van der Waals surface area (Å²) in [6.07, 6.45) is -0.0574. The van der Waals surface area contributed by atoms with Crippen LogP contribution in [0.1, 0.15) is 50.3 Å². The molecule has 0 unspecified atom stereocenters. The number of ether oxygens (including phenoxy) is 1. The number of carbonyl (C=O) groups is 3. The van der Waals surface area contributed by atoms with Gasteiger partial charge in [0.25, 0.3) is 5.91 Å². The van der Waals surface area contributed by atoms with Crippen LogP contribution in [-0.4, -0.2) is 24.3 Å². The number of hydrazine groups is 1. The Labute approximate surface area is 197 Å². The molecule has 0 aliphatic heterocycles. The summed E-state index contributed by atoms with van der Waals surface area (Å²) >= 11 is 3.45. The lowest BCUT2D eigenvalue weighted by Gasteiger charge is -2.23. The maximum absolute atomic E-state index is 12.1. The molecule has 0 fully saturated rings. The summed E-state index contributed by atoms with van der Waals surface area (Å²) in [4.78, 5) is 36.1. The van der Waals surface area contributed by atoms with Gasteiger partial charge >= 0.3 is 0 Å². The van der Waals surface area contributed by atoms with Crippen LogP contribution in [0.15, 0.2) is 40.9 Å². The average Bonchev–Trinajstić information content (AvgIpc) is 2.71. The molecule has 0 bridgehead atoms. The van der Waals surface area contributed by atoms with E-state index in [0.29, 0.717) is 11.4 Å². The molecule has 2 rings (SSSR count). The zero-order valence-electron chi connectivity index (χ0n) is 19.1. The highest BCUT2D eigenvalue weighted by molar-refractivity contribution is 9.10. The average molecular weight is 504 g/mol.